The summed E-state index contributed by atoms with van der Waals surface area (Å²) >= 11 is 6.06. The molecule has 1 aliphatic rings. The van der Waals surface area contributed by atoms with Crippen molar-refractivity contribution < 1.29 is 9.18 Å². The van der Waals surface area contributed by atoms with E-state index in [1.807, 2.05) is 0 Å². The third-order valence-corrected chi connectivity index (χ3v) is 4.32. The average Bonchev–Trinajstić information content (AvgIpc) is 2.78. The predicted octanol–water partition coefficient (Wildman–Crippen LogP) is 4.82. The van der Waals surface area contributed by atoms with Crippen LogP contribution in [0.25, 0.3) is 10.9 Å². The first-order chi connectivity index (χ1) is 9.20. The summed E-state index contributed by atoms with van der Waals surface area (Å²) in [6.07, 6.45) is 6.59. The van der Waals surface area contributed by atoms with E-state index in [0.29, 0.717) is 27.4 Å². The van der Waals surface area contributed by atoms with Crippen LogP contribution in [0.5, 0.6) is 0 Å². The third kappa shape index (κ3) is 2.16. The van der Waals surface area contributed by atoms with Crippen LogP contribution in [0.15, 0.2) is 12.1 Å². The lowest BCUT2D eigenvalue weighted by Crippen LogP contribution is -2.06. The second kappa shape index (κ2) is 4.97. The van der Waals surface area contributed by atoms with Gasteiger partial charge in [-0.2, -0.15) is 0 Å². The summed E-state index contributed by atoms with van der Waals surface area (Å²) < 4.78 is 13.5. The summed E-state index contributed by atoms with van der Waals surface area (Å²) in [7, 11) is 0. The van der Waals surface area contributed by atoms with Crippen molar-refractivity contribution in [1.82, 2.24) is 4.98 Å². The fourth-order valence-electron chi connectivity index (χ4n) is 3.10. The average molecular weight is 280 g/mol. The zero-order valence-electron chi connectivity index (χ0n) is 10.5. The quantitative estimate of drug-likeness (QED) is 0.786. The molecule has 4 heteroatoms. The van der Waals surface area contributed by atoms with E-state index < -0.39 is 5.82 Å². The molecule has 0 atom stereocenters. The van der Waals surface area contributed by atoms with Gasteiger partial charge in [-0.05, 0) is 30.9 Å². The lowest BCUT2D eigenvalue weighted by atomic mass is 9.85. The highest BCUT2D eigenvalue weighted by molar-refractivity contribution is 6.35. The minimum atomic E-state index is -0.408. The Kier molecular flexibility index (Phi) is 3.31. The van der Waals surface area contributed by atoms with Gasteiger partial charge in [-0.1, -0.05) is 30.9 Å². The van der Waals surface area contributed by atoms with Crippen molar-refractivity contribution in [3.63, 3.8) is 0 Å². The first-order valence-corrected chi connectivity index (χ1v) is 7.04. The van der Waals surface area contributed by atoms with Gasteiger partial charge in [-0.25, -0.2) is 4.39 Å². The summed E-state index contributed by atoms with van der Waals surface area (Å²) in [5.41, 5.74) is 2.17. The molecular weight excluding hydrogens is 265 g/mol. The fourth-order valence-corrected chi connectivity index (χ4v) is 3.35. The number of carbonyl (C=O) groups excluding carboxylic acids is 1. The molecule has 1 N–H and O–H groups in total. The van der Waals surface area contributed by atoms with E-state index >= 15 is 0 Å². The van der Waals surface area contributed by atoms with Crippen LogP contribution in [0.4, 0.5) is 4.39 Å². The molecule has 0 amide bonds. The lowest BCUT2D eigenvalue weighted by Gasteiger charge is -2.21. The Balaban J connectivity index is 2.18. The van der Waals surface area contributed by atoms with Gasteiger partial charge < -0.3 is 4.98 Å². The monoisotopic (exact) mass is 279 g/mol. The Morgan fingerprint density at radius 3 is 2.68 bits per heavy atom. The van der Waals surface area contributed by atoms with Crippen LogP contribution in [0.3, 0.4) is 0 Å². The van der Waals surface area contributed by atoms with Gasteiger partial charge in [0.25, 0.3) is 0 Å². The number of carbonyl (C=O) groups is 1. The molecule has 1 aromatic carbocycles. The van der Waals surface area contributed by atoms with Crippen LogP contribution in [0, 0.1) is 5.82 Å². The van der Waals surface area contributed by atoms with Crippen molar-refractivity contribution in [2.24, 2.45) is 0 Å². The maximum atomic E-state index is 13.5. The van der Waals surface area contributed by atoms with E-state index in [4.69, 9.17) is 11.6 Å². The van der Waals surface area contributed by atoms with Crippen LogP contribution in [0.2, 0.25) is 5.02 Å². The summed E-state index contributed by atoms with van der Waals surface area (Å²) in [6, 6.07) is 2.66. The Bertz CT molecular complexity index is 629. The van der Waals surface area contributed by atoms with E-state index in [0.717, 1.165) is 24.8 Å². The van der Waals surface area contributed by atoms with Crippen molar-refractivity contribution in [3.05, 3.63) is 34.2 Å². The maximum Gasteiger partial charge on any atom is 0.152 e. The number of aromatic nitrogens is 1. The number of nitrogens with one attached hydrogen (secondary N) is 1. The minimum absolute atomic E-state index is 0.333. The first kappa shape index (κ1) is 12.7. The normalized spacial score (nSPS) is 16.9. The van der Waals surface area contributed by atoms with E-state index in [2.05, 4.69) is 4.98 Å². The summed E-state index contributed by atoms with van der Waals surface area (Å²) in [5.74, 6) is -0.0460. The zero-order valence-corrected chi connectivity index (χ0v) is 11.3. The Labute approximate surface area is 116 Å². The number of H-pyrrole nitrogens is 1. The number of fused-ring (bicyclic) bond motifs is 1. The summed E-state index contributed by atoms with van der Waals surface area (Å²) in [5, 5.41) is 0.931. The van der Waals surface area contributed by atoms with Crippen LogP contribution >= 0.6 is 11.6 Å². The summed E-state index contributed by atoms with van der Waals surface area (Å²) in [4.78, 5) is 14.6. The Hall–Kier alpha value is -1.35. The van der Waals surface area contributed by atoms with E-state index in [-0.39, 0.29) is 0 Å². The van der Waals surface area contributed by atoms with Crippen molar-refractivity contribution in [2.75, 3.05) is 0 Å². The highest BCUT2D eigenvalue weighted by Crippen LogP contribution is 2.37. The second-order valence-corrected chi connectivity index (χ2v) is 5.62. The van der Waals surface area contributed by atoms with Gasteiger partial charge in [0.05, 0.1) is 10.5 Å². The van der Waals surface area contributed by atoms with Crippen molar-refractivity contribution in [1.29, 1.82) is 0 Å². The van der Waals surface area contributed by atoms with E-state index in [1.165, 1.54) is 31.4 Å². The molecule has 2 aromatic rings. The van der Waals surface area contributed by atoms with Gasteiger partial charge in [-0.3, -0.25) is 4.79 Å². The highest BCUT2D eigenvalue weighted by Gasteiger charge is 2.23. The third-order valence-electron chi connectivity index (χ3n) is 4.03. The van der Waals surface area contributed by atoms with Crippen molar-refractivity contribution in [3.8, 4) is 0 Å². The molecule has 1 saturated carbocycles. The van der Waals surface area contributed by atoms with Gasteiger partial charge in [0.2, 0.25) is 0 Å². The number of benzene rings is 1. The molecule has 1 aliphatic carbocycles. The number of aromatic amines is 1. The molecule has 2 nitrogen and oxygen atoms in total. The van der Waals surface area contributed by atoms with Crippen molar-refractivity contribution in [2.45, 2.75) is 38.0 Å². The van der Waals surface area contributed by atoms with Gasteiger partial charge >= 0.3 is 0 Å². The smallest absolute Gasteiger partial charge is 0.152 e. The van der Waals surface area contributed by atoms with Gasteiger partial charge in [0.15, 0.2) is 6.29 Å². The molecule has 1 aromatic heterocycles. The highest BCUT2D eigenvalue weighted by atomic mass is 35.5. The number of rotatable bonds is 2. The first-order valence-electron chi connectivity index (χ1n) is 6.66. The Morgan fingerprint density at radius 2 is 2.00 bits per heavy atom. The number of aldehydes is 1. The molecule has 0 unspecified atom stereocenters. The molecule has 0 radical (unpaired) electrons. The minimum Gasteiger partial charge on any atom is -0.356 e. The molecule has 1 heterocycles. The second-order valence-electron chi connectivity index (χ2n) is 5.22. The predicted molar refractivity (Wildman–Crippen MR) is 74.5 cm³/mol. The molecule has 19 heavy (non-hydrogen) atoms. The number of halogens is 2. The molecule has 0 saturated heterocycles. The maximum absolute atomic E-state index is 13.5. The van der Waals surface area contributed by atoms with Crippen LogP contribution in [0.1, 0.15) is 54.1 Å². The topological polar surface area (TPSA) is 32.9 Å². The van der Waals surface area contributed by atoms with Gasteiger partial charge in [-0.15, -0.1) is 0 Å². The molecule has 1 fully saturated rings. The van der Waals surface area contributed by atoms with E-state index in [9.17, 15) is 9.18 Å². The molecule has 0 aliphatic heterocycles. The largest absolute Gasteiger partial charge is 0.356 e. The SMILES string of the molecule is O=Cc1c(C2CCCCC2)[nH]c2c(Cl)cc(F)cc12. The van der Waals surface area contributed by atoms with Gasteiger partial charge in [0.1, 0.15) is 5.82 Å². The van der Waals surface area contributed by atoms with Crippen LogP contribution in [-0.4, -0.2) is 11.3 Å². The molecule has 100 valence electrons. The lowest BCUT2D eigenvalue weighted by molar-refractivity contribution is 0.112. The van der Waals surface area contributed by atoms with E-state index in [1.54, 1.807) is 0 Å². The van der Waals surface area contributed by atoms with Gasteiger partial charge in [0, 0.05) is 16.6 Å². The molecule has 3 rings (SSSR count). The van der Waals surface area contributed by atoms with Crippen LogP contribution in [-0.2, 0) is 0 Å². The molecular formula is C15H15ClFNO. The zero-order chi connectivity index (χ0) is 13.4. The Morgan fingerprint density at radius 1 is 1.26 bits per heavy atom. The number of hydrogen-bond donors (Lipinski definition) is 1. The van der Waals surface area contributed by atoms with Crippen LogP contribution < -0.4 is 0 Å². The van der Waals surface area contributed by atoms with Crippen molar-refractivity contribution >= 4 is 28.8 Å². The molecule has 0 bridgehead atoms. The fraction of sp³-hybridized carbons (Fsp3) is 0.400. The standard InChI is InChI=1S/C15H15ClFNO/c16-13-7-10(17)6-11-12(8-19)14(18-15(11)13)9-4-2-1-3-5-9/h6-9,18H,1-5H2. The number of hydrogen-bond acceptors (Lipinski definition) is 1. The molecule has 0 spiro atoms. The summed E-state index contributed by atoms with van der Waals surface area (Å²) in [6.45, 7) is 0.